The minimum Gasteiger partial charge on any atom is -0.490 e. The molecule has 27 heavy (non-hydrogen) atoms. The molecule has 0 saturated carbocycles. The third-order valence-corrected chi connectivity index (χ3v) is 5.19. The number of para-hydroxylation sites is 2. The van der Waals surface area contributed by atoms with Crippen LogP contribution in [0.4, 0.5) is 5.69 Å². The van der Waals surface area contributed by atoms with Gasteiger partial charge in [0.2, 0.25) is 5.91 Å². The summed E-state index contributed by atoms with van der Waals surface area (Å²) in [6.45, 7) is 4.55. The van der Waals surface area contributed by atoms with E-state index in [2.05, 4.69) is 15.9 Å². The Kier molecular flexibility index (Phi) is 10.9. The number of carbonyl (C=O) groups excluding carboxylic acids is 1. The van der Waals surface area contributed by atoms with Gasteiger partial charge in [0, 0.05) is 32.7 Å². The molecule has 8 heteroatoms. The summed E-state index contributed by atoms with van der Waals surface area (Å²) in [4.78, 5) is 18.8. The molecule has 0 spiro atoms. The number of ether oxygens (including phenoxy) is 1. The van der Waals surface area contributed by atoms with Gasteiger partial charge in [0.25, 0.3) is 0 Å². The molecule has 1 heterocycles. The molecular formula is C19H33ClN4O2S. The summed E-state index contributed by atoms with van der Waals surface area (Å²) in [6.07, 6.45) is 2.77. The van der Waals surface area contributed by atoms with Crippen molar-refractivity contribution >= 4 is 35.8 Å². The molecule has 154 valence electrons. The van der Waals surface area contributed by atoms with Crippen LogP contribution in [0.15, 0.2) is 24.3 Å². The summed E-state index contributed by atoms with van der Waals surface area (Å²) in [5.41, 5.74) is 7.14. The predicted molar refractivity (Wildman–Crippen MR) is 118 cm³/mol. The Hall–Kier alpha value is -1.15. The fourth-order valence-corrected chi connectivity index (χ4v) is 3.44. The van der Waals surface area contributed by atoms with Crippen molar-refractivity contribution in [2.24, 2.45) is 5.73 Å². The number of amides is 1. The topological polar surface area (TPSA) is 62.0 Å². The fraction of sp³-hybridized carbons (Fsp3) is 0.632. The first kappa shape index (κ1) is 23.9. The van der Waals surface area contributed by atoms with Crippen molar-refractivity contribution in [2.75, 3.05) is 70.3 Å². The molecular weight excluding hydrogens is 384 g/mol. The molecule has 1 saturated heterocycles. The van der Waals surface area contributed by atoms with Gasteiger partial charge < -0.3 is 25.2 Å². The second-order valence-electron chi connectivity index (χ2n) is 6.82. The first-order chi connectivity index (χ1) is 12.5. The van der Waals surface area contributed by atoms with E-state index in [4.69, 9.17) is 10.5 Å². The first-order valence-electron chi connectivity index (χ1n) is 9.17. The number of thioether (sulfide) groups is 1. The number of nitrogens with two attached hydrogens (primary N) is 1. The molecule has 6 nitrogen and oxygen atoms in total. The maximum atomic E-state index is 12.5. The average molecular weight is 417 g/mol. The molecule has 1 aliphatic heterocycles. The van der Waals surface area contributed by atoms with E-state index in [1.807, 2.05) is 43.5 Å². The molecule has 1 fully saturated rings. The van der Waals surface area contributed by atoms with Gasteiger partial charge in [-0.25, -0.2) is 0 Å². The summed E-state index contributed by atoms with van der Waals surface area (Å²) >= 11 is 1.73. The van der Waals surface area contributed by atoms with Crippen LogP contribution < -0.4 is 15.4 Å². The number of benzene rings is 1. The minimum atomic E-state index is -0.379. The van der Waals surface area contributed by atoms with E-state index < -0.39 is 0 Å². The van der Waals surface area contributed by atoms with Crippen LogP contribution in [0.1, 0.15) is 6.42 Å². The van der Waals surface area contributed by atoms with Crippen LogP contribution >= 0.6 is 24.2 Å². The number of nitrogens with zero attached hydrogens (tertiary/aromatic N) is 3. The van der Waals surface area contributed by atoms with Crippen molar-refractivity contribution in [3.05, 3.63) is 24.3 Å². The van der Waals surface area contributed by atoms with Crippen molar-refractivity contribution in [3.63, 3.8) is 0 Å². The lowest BCUT2D eigenvalue weighted by Gasteiger charge is -2.37. The largest absolute Gasteiger partial charge is 0.490 e. The van der Waals surface area contributed by atoms with Crippen molar-refractivity contribution in [1.29, 1.82) is 0 Å². The second-order valence-corrected chi connectivity index (χ2v) is 7.81. The van der Waals surface area contributed by atoms with E-state index in [-0.39, 0.29) is 24.4 Å². The third kappa shape index (κ3) is 7.41. The highest BCUT2D eigenvalue weighted by Crippen LogP contribution is 2.29. The van der Waals surface area contributed by atoms with E-state index in [0.29, 0.717) is 19.7 Å². The highest BCUT2D eigenvalue weighted by molar-refractivity contribution is 7.98. The van der Waals surface area contributed by atoms with Gasteiger partial charge in [-0.1, -0.05) is 12.1 Å². The summed E-state index contributed by atoms with van der Waals surface area (Å²) < 4.78 is 5.97. The molecule has 2 rings (SSSR count). The predicted octanol–water partition coefficient (Wildman–Crippen LogP) is 1.78. The number of rotatable bonds is 9. The van der Waals surface area contributed by atoms with Gasteiger partial charge in [-0.2, -0.15) is 11.8 Å². The van der Waals surface area contributed by atoms with Gasteiger partial charge in [0.15, 0.2) is 0 Å². The van der Waals surface area contributed by atoms with Gasteiger partial charge >= 0.3 is 0 Å². The minimum absolute atomic E-state index is 0. The molecule has 1 amide bonds. The van der Waals surface area contributed by atoms with Gasteiger partial charge in [0.1, 0.15) is 12.4 Å². The summed E-state index contributed by atoms with van der Waals surface area (Å²) in [7, 11) is 4.07. The molecule has 1 aromatic rings. The molecule has 0 aliphatic carbocycles. The number of likely N-dealkylation sites (N-methyl/N-ethyl adjacent to an activating group) is 1. The van der Waals surface area contributed by atoms with Gasteiger partial charge in [-0.05, 0) is 44.7 Å². The van der Waals surface area contributed by atoms with E-state index in [1.165, 1.54) is 0 Å². The molecule has 1 aromatic carbocycles. The fourth-order valence-electron chi connectivity index (χ4n) is 2.95. The van der Waals surface area contributed by atoms with Crippen LogP contribution in [0.5, 0.6) is 5.75 Å². The number of hydrogen-bond donors (Lipinski definition) is 1. The summed E-state index contributed by atoms with van der Waals surface area (Å²) in [5.74, 6) is 1.91. The monoisotopic (exact) mass is 416 g/mol. The van der Waals surface area contributed by atoms with E-state index in [0.717, 1.165) is 43.2 Å². The number of piperazine rings is 1. The van der Waals surface area contributed by atoms with Crippen molar-refractivity contribution in [3.8, 4) is 5.75 Å². The SMILES string of the molecule is CSCC[C@H](N)C(=O)N1CCN(c2ccccc2OCCN(C)C)CC1.Cl. The number of hydrogen-bond acceptors (Lipinski definition) is 6. The lowest BCUT2D eigenvalue weighted by molar-refractivity contribution is -0.132. The normalized spacial score (nSPS) is 15.4. The molecule has 0 unspecified atom stereocenters. The lowest BCUT2D eigenvalue weighted by Crippen LogP contribution is -2.53. The van der Waals surface area contributed by atoms with Crippen LogP contribution in [0.2, 0.25) is 0 Å². The summed E-state index contributed by atoms with van der Waals surface area (Å²) in [5, 5.41) is 0. The summed E-state index contributed by atoms with van der Waals surface area (Å²) in [6, 6.07) is 7.76. The molecule has 0 radical (unpaired) electrons. The van der Waals surface area contributed by atoms with Crippen molar-refractivity contribution in [1.82, 2.24) is 9.80 Å². The molecule has 2 N–H and O–H groups in total. The molecule has 1 atom stereocenters. The Balaban J connectivity index is 0.00000364. The number of anilines is 1. The zero-order chi connectivity index (χ0) is 18.9. The van der Waals surface area contributed by atoms with Crippen LogP contribution in [0.25, 0.3) is 0 Å². The van der Waals surface area contributed by atoms with Gasteiger partial charge in [-0.15, -0.1) is 12.4 Å². The highest BCUT2D eigenvalue weighted by atomic mass is 35.5. The maximum Gasteiger partial charge on any atom is 0.239 e. The molecule has 0 aromatic heterocycles. The Morgan fingerprint density at radius 2 is 1.93 bits per heavy atom. The van der Waals surface area contributed by atoms with E-state index in [1.54, 1.807) is 11.8 Å². The van der Waals surface area contributed by atoms with Crippen molar-refractivity contribution < 1.29 is 9.53 Å². The average Bonchev–Trinajstić information content (AvgIpc) is 2.66. The van der Waals surface area contributed by atoms with Gasteiger partial charge in [-0.3, -0.25) is 4.79 Å². The van der Waals surface area contributed by atoms with Gasteiger partial charge in [0.05, 0.1) is 11.7 Å². The number of carbonyl (C=O) groups is 1. The van der Waals surface area contributed by atoms with Crippen molar-refractivity contribution in [2.45, 2.75) is 12.5 Å². The standard InChI is InChI=1S/C19H32N4O2S.ClH/c1-21(2)13-14-25-18-7-5-4-6-17(18)22-9-11-23(12-10-22)19(24)16(20)8-15-26-3;/h4-7,16H,8-15,20H2,1-3H3;1H/t16-;/m0./s1. The van der Waals surface area contributed by atoms with Crippen LogP contribution in [-0.2, 0) is 4.79 Å². The van der Waals surface area contributed by atoms with Crippen LogP contribution in [-0.4, -0.2) is 87.2 Å². The molecule has 1 aliphatic rings. The zero-order valence-electron chi connectivity index (χ0n) is 16.6. The highest BCUT2D eigenvalue weighted by Gasteiger charge is 2.26. The second kappa shape index (κ2) is 12.3. The number of halogens is 1. The Morgan fingerprint density at radius 3 is 2.56 bits per heavy atom. The Bertz CT molecular complexity index is 568. The van der Waals surface area contributed by atoms with E-state index >= 15 is 0 Å². The zero-order valence-corrected chi connectivity index (χ0v) is 18.2. The van der Waals surface area contributed by atoms with Crippen LogP contribution in [0, 0.1) is 0 Å². The smallest absolute Gasteiger partial charge is 0.239 e. The lowest BCUT2D eigenvalue weighted by atomic mass is 10.1. The molecule has 0 bridgehead atoms. The Morgan fingerprint density at radius 1 is 1.26 bits per heavy atom. The first-order valence-corrected chi connectivity index (χ1v) is 10.6. The van der Waals surface area contributed by atoms with E-state index in [9.17, 15) is 4.79 Å². The quantitative estimate of drug-likeness (QED) is 0.662. The van der Waals surface area contributed by atoms with Crippen LogP contribution in [0.3, 0.4) is 0 Å². The third-order valence-electron chi connectivity index (χ3n) is 4.54. The maximum absolute atomic E-state index is 12.5. The Labute approximate surface area is 173 Å².